The second-order valence-electron chi connectivity index (χ2n) is 24.1. The summed E-state index contributed by atoms with van der Waals surface area (Å²) in [5.74, 6) is 4.87. The number of rotatable bonds is 3. The van der Waals surface area contributed by atoms with Crippen molar-refractivity contribution in [2.75, 3.05) is 0 Å². The highest BCUT2D eigenvalue weighted by atomic mass is 14.9. The maximum absolute atomic E-state index is 11.4. The van der Waals surface area contributed by atoms with E-state index in [1.54, 1.807) is 0 Å². The molecule has 4 atom stereocenters. The van der Waals surface area contributed by atoms with Gasteiger partial charge in [-0.3, -0.25) is 0 Å². The van der Waals surface area contributed by atoms with Gasteiger partial charge in [0.05, 0.1) is 39.8 Å². The molecule has 6 saturated carbocycles. The van der Waals surface area contributed by atoms with Crippen molar-refractivity contribution in [2.45, 2.75) is 133 Å². The number of aryl methyl sites for hydroxylation is 1. The summed E-state index contributed by atoms with van der Waals surface area (Å²) < 4.78 is 2.61. The van der Waals surface area contributed by atoms with Crippen molar-refractivity contribution >= 4 is 38.1 Å². The number of fused-ring (bicyclic) bond motifs is 6. The van der Waals surface area contributed by atoms with Crippen molar-refractivity contribution in [1.29, 1.82) is 10.5 Å². The van der Waals surface area contributed by atoms with Crippen LogP contribution in [0.1, 0.15) is 165 Å². The van der Waals surface area contributed by atoms with Crippen molar-refractivity contribution in [3.05, 3.63) is 136 Å². The second-order valence-corrected chi connectivity index (χ2v) is 24.1. The summed E-state index contributed by atoms with van der Waals surface area (Å²) in [5, 5.41) is 28.3. The van der Waals surface area contributed by atoms with Crippen LogP contribution in [0.2, 0.25) is 0 Å². The Morgan fingerprint density at radius 2 is 0.853 bits per heavy atom. The molecule has 4 unspecified atom stereocenters. The van der Waals surface area contributed by atoms with E-state index >= 15 is 0 Å². The molecule has 8 bridgehead atoms. The molecule has 2 spiro atoms. The van der Waals surface area contributed by atoms with Crippen LogP contribution < -0.4 is 0 Å². The van der Waals surface area contributed by atoms with Gasteiger partial charge in [0.1, 0.15) is 0 Å². The Kier molecular flexibility index (Phi) is 7.84. The Balaban J connectivity index is 1.05. The van der Waals surface area contributed by atoms with Gasteiger partial charge >= 0.3 is 0 Å². The summed E-state index contributed by atoms with van der Waals surface area (Å²) in [6.45, 7) is 2.26. The third-order valence-corrected chi connectivity index (χ3v) is 21.6. The lowest BCUT2D eigenvalue weighted by Crippen LogP contribution is -2.44. The van der Waals surface area contributed by atoms with Crippen molar-refractivity contribution in [2.24, 2.45) is 34.5 Å². The molecule has 18 rings (SSSR count). The largest absolute Gasteiger partial charge is 0.308 e. The normalized spacial score (nSPS) is 28.8. The third-order valence-electron chi connectivity index (χ3n) is 21.6. The van der Waals surface area contributed by atoms with Crippen LogP contribution in [-0.2, 0) is 0 Å². The van der Waals surface area contributed by atoms with Gasteiger partial charge in [0.25, 0.3) is 0 Å². The van der Waals surface area contributed by atoms with Crippen LogP contribution in [0.4, 0.5) is 0 Å². The van der Waals surface area contributed by atoms with Gasteiger partial charge < -0.3 is 4.40 Å². The van der Waals surface area contributed by atoms with Gasteiger partial charge in [-0.25, -0.2) is 0 Å². The van der Waals surface area contributed by atoms with Gasteiger partial charge in [0.15, 0.2) is 0 Å². The lowest BCUT2D eigenvalue weighted by molar-refractivity contribution is -0.0257. The van der Waals surface area contributed by atoms with Crippen LogP contribution in [0, 0.1) is 64.1 Å². The first-order chi connectivity index (χ1) is 33.4. The molecule has 6 fully saturated rings. The van der Waals surface area contributed by atoms with Crippen LogP contribution in [0.15, 0.2) is 97.1 Å². The molecule has 0 saturated heterocycles. The van der Waals surface area contributed by atoms with E-state index in [1.165, 1.54) is 202 Å². The van der Waals surface area contributed by atoms with E-state index in [0.29, 0.717) is 34.5 Å². The number of hydrogen-bond acceptors (Lipinski definition) is 2. The zero-order chi connectivity index (χ0) is 44.8. The second kappa shape index (κ2) is 13.7. The average molecular weight is 882 g/mol. The molecule has 3 heteroatoms. The summed E-state index contributed by atoms with van der Waals surface area (Å²) in [6.07, 6.45) is 21.4. The Bertz CT molecular complexity index is 3300. The van der Waals surface area contributed by atoms with Gasteiger partial charge in [0, 0.05) is 21.5 Å². The zero-order valence-electron chi connectivity index (χ0n) is 39.5. The van der Waals surface area contributed by atoms with E-state index in [1.807, 2.05) is 0 Å². The monoisotopic (exact) mass is 881 g/mol. The molecule has 334 valence electrons. The minimum absolute atomic E-state index is 0.454. The van der Waals surface area contributed by atoms with Crippen molar-refractivity contribution in [3.8, 4) is 45.5 Å². The molecular formula is C65H59N3. The van der Waals surface area contributed by atoms with Crippen molar-refractivity contribution in [1.82, 2.24) is 4.40 Å². The molecule has 0 amide bonds. The number of benzene rings is 6. The Morgan fingerprint density at radius 3 is 1.24 bits per heavy atom. The van der Waals surface area contributed by atoms with Gasteiger partial charge in [0.2, 0.25) is 0 Å². The van der Waals surface area contributed by atoms with Gasteiger partial charge in [-0.2, -0.15) is 10.5 Å². The maximum Gasteiger partial charge on any atom is 0.0995 e. The minimum atomic E-state index is 0.454. The molecule has 2 aromatic heterocycles. The van der Waals surface area contributed by atoms with E-state index in [4.69, 9.17) is 0 Å². The topological polar surface area (TPSA) is 52.0 Å². The minimum Gasteiger partial charge on any atom is -0.308 e. The third kappa shape index (κ3) is 4.85. The fourth-order valence-electron chi connectivity index (χ4n) is 19.5. The summed E-state index contributed by atoms with van der Waals surface area (Å²) in [5.41, 5.74) is 21.4. The molecule has 10 aliphatic carbocycles. The van der Waals surface area contributed by atoms with Crippen molar-refractivity contribution in [3.63, 3.8) is 0 Å². The smallest absolute Gasteiger partial charge is 0.0995 e. The summed E-state index contributed by atoms with van der Waals surface area (Å²) in [7, 11) is 0. The molecule has 68 heavy (non-hydrogen) atoms. The van der Waals surface area contributed by atoms with Gasteiger partial charge in [-0.15, -0.1) is 0 Å². The van der Waals surface area contributed by atoms with Crippen LogP contribution in [0.3, 0.4) is 0 Å². The Morgan fingerprint density at radius 1 is 0.471 bits per heavy atom. The molecule has 6 aromatic carbocycles. The first kappa shape index (κ1) is 39.0. The first-order valence-corrected chi connectivity index (χ1v) is 26.9. The molecule has 2 heterocycles. The van der Waals surface area contributed by atoms with E-state index in [-0.39, 0.29) is 0 Å². The van der Waals surface area contributed by atoms with Crippen LogP contribution in [0.5, 0.6) is 0 Å². The van der Waals surface area contributed by atoms with E-state index in [0.717, 1.165) is 34.8 Å². The number of nitriles is 2. The molecular weight excluding hydrogens is 823 g/mol. The van der Waals surface area contributed by atoms with E-state index in [9.17, 15) is 10.5 Å². The summed E-state index contributed by atoms with van der Waals surface area (Å²) >= 11 is 0. The standard InChI is InChI=1S/C65H59N3/c1-36-20-50(37-12-4-2-5-13-37)58(51(21-36)38-14-6-3-7-15-38)43-30-52-61-54(32-44(34-66)56-39-22-46-26-41(59(56)61)27-47(23-39)64(46)16-8-9-17-64)68-55-33-45(35-67)57-40-24-48-28-42(60(57)62(55)53(31-43)63(52)68)29-49(25-40)65(48)18-10-11-19-65/h2-7,12-15,20-21,30-33,39-42,46-49H,8-11,16-19,22-29H2,1H3. The zero-order valence-corrected chi connectivity index (χ0v) is 39.5. The van der Waals surface area contributed by atoms with Gasteiger partial charge in [-0.05, 0) is 228 Å². The quantitative estimate of drug-likeness (QED) is 0.177. The Labute approximate surface area is 400 Å². The van der Waals surface area contributed by atoms with Crippen LogP contribution in [-0.4, -0.2) is 4.40 Å². The Hall–Kier alpha value is -5.90. The average Bonchev–Trinajstić information content (AvgIpc) is 4.11. The molecule has 0 N–H and O–H groups in total. The molecule has 0 radical (unpaired) electrons. The fourth-order valence-corrected chi connectivity index (χ4v) is 19.5. The first-order valence-electron chi connectivity index (χ1n) is 26.9. The molecule has 10 aliphatic rings. The van der Waals surface area contributed by atoms with E-state index in [2.05, 4.69) is 121 Å². The van der Waals surface area contributed by atoms with E-state index < -0.39 is 0 Å². The summed E-state index contributed by atoms with van der Waals surface area (Å²) in [6, 6.07) is 42.8. The van der Waals surface area contributed by atoms with Crippen molar-refractivity contribution < 1.29 is 0 Å². The van der Waals surface area contributed by atoms with Crippen LogP contribution in [0.25, 0.3) is 71.5 Å². The number of nitrogens with zero attached hydrogens (tertiary/aromatic N) is 3. The fraction of sp³-hybridized carbons (Fsp3) is 0.415. The highest BCUT2D eigenvalue weighted by molar-refractivity contribution is 6.27. The summed E-state index contributed by atoms with van der Waals surface area (Å²) in [4.78, 5) is 0. The van der Waals surface area contributed by atoms with Gasteiger partial charge in [-0.1, -0.05) is 98.5 Å². The highest BCUT2D eigenvalue weighted by Crippen LogP contribution is 2.71. The lowest BCUT2D eigenvalue weighted by atomic mass is 9.51. The number of hydrogen-bond donors (Lipinski definition) is 0. The predicted molar refractivity (Wildman–Crippen MR) is 275 cm³/mol. The molecule has 8 aromatic rings. The highest BCUT2D eigenvalue weighted by Gasteiger charge is 2.59. The molecule has 3 nitrogen and oxygen atoms in total. The lowest BCUT2D eigenvalue weighted by Gasteiger charge is -2.54. The molecule has 0 aliphatic heterocycles. The number of aromatic nitrogens is 1. The maximum atomic E-state index is 11.4. The predicted octanol–water partition coefficient (Wildman–Crippen LogP) is 17.0. The van der Waals surface area contributed by atoms with Crippen LogP contribution >= 0.6 is 0 Å². The SMILES string of the molecule is Cc1cc(-c2ccccc2)c(-c2cc3c4c5c(c(C#N)cc4n4c6cc(C#N)c7c(c6c(c2)c34)C2CC3CC7CC(C2)C32CCCC2)C2CC3CC5CC(C2)C32CCCC2)c(-c2ccccc2)c1.